The van der Waals surface area contributed by atoms with Crippen LogP contribution in [0.3, 0.4) is 0 Å². The van der Waals surface area contributed by atoms with E-state index in [1.807, 2.05) is 0 Å². The van der Waals surface area contributed by atoms with Gasteiger partial charge in [0.15, 0.2) is 11.5 Å². The third kappa shape index (κ3) is 3.61. The molecule has 0 aliphatic heterocycles. The largest absolute Gasteiger partial charge is 0.326 e. The van der Waals surface area contributed by atoms with E-state index in [2.05, 4.69) is 25.8 Å². The summed E-state index contributed by atoms with van der Waals surface area (Å²) in [6.07, 6.45) is 4.97. The maximum Gasteiger partial charge on any atom is 0.276 e. The summed E-state index contributed by atoms with van der Waals surface area (Å²) in [5.74, 6) is 0.0516. The minimum absolute atomic E-state index is 0.153. The maximum absolute atomic E-state index is 12.2. The number of nitrogens with one attached hydrogen (secondary N) is 2. The minimum atomic E-state index is -0.369. The molecule has 8 nitrogen and oxygen atoms in total. The summed E-state index contributed by atoms with van der Waals surface area (Å²) in [5, 5.41) is 13.3. The number of carbonyl (C=O) groups is 2. The molecule has 2 N–H and O–H groups in total. The first-order valence-corrected chi connectivity index (χ1v) is 7.13. The third-order valence-electron chi connectivity index (χ3n) is 3.12. The maximum atomic E-state index is 12.2. The van der Waals surface area contributed by atoms with Crippen LogP contribution in [0, 0.1) is 0 Å². The van der Waals surface area contributed by atoms with Crippen molar-refractivity contribution in [2.75, 3.05) is 10.6 Å². The first-order valence-electron chi connectivity index (χ1n) is 7.13. The van der Waals surface area contributed by atoms with E-state index in [0.717, 1.165) is 0 Å². The number of hydrogen-bond donors (Lipinski definition) is 2. The van der Waals surface area contributed by atoms with Gasteiger partial charge in [0.2, 0.25) is 5.91 Å². The van der Waals surface area contributed by atoms with Gasteiger partial charge in [0.05, 0.1) is 0 Å². The standard InChI is InChI=1S/C16H14N6O2/c1-11(23)18-12-2-4-13(5-3-12)19-16(24)14-6-7-15(21-20-14)22-9-8-17-10-22/h2-10H,1H3,(H,18,23)(H,19,24). The molecule has 3 aromatic rings. The molecule has 2 heterocycles. The van der Waals surface area contributed by atoms with E-state index in [-0.39, 0.29) is 17.5 Å². The highest BCUT2D eigenvalue weighted by Gasteiger charge is 2.09. The second kappa shape index (κ2) is 6.69. The number of amides is 2. The van der Waals surface area contributed by atoms with E-state index < -0.39 is 0 Å². The van der Waals surface area contributed by atoms with Crippen molar-refractivity contribution >= 4 is 23.2 Å². The third-order valence-corrected chi connectivity index (χ3v) is 3.12. The summed E-state index contributed by atoms with van der Waals surface area (Å²) in [5.41, 5.74) is 1.45. The lowest BCUT2D eigenvalue weighted by Gasteiger charge is -2.07. The molecule has 0 aliphatic rings. The predicted octanol–water partition coefficient (Wildman–Crippen LogP) is 1.87. The average Bonchev–Trinajstić information content (AvgIpc) is 3.11. The van der Waals surface area contributed by atoms with E-state index in [1.54, 1.807) is 59.7 Å². The van der Waals surface area contributed by atoms with E-state index >= 15 is 0 Å². The normalized spacial score (nSPS) is 10.2. The fraction of sp³-hybridized carbons (Fsp3) is 0.0625. The van der Waals surface area contributed by atoms with Crippen molar-refractivity contribution in [1.29, 1.82) is 0 Å². The van der Waals surface area contributed by atoms with Crippen LogP contribution in [0.15, 0.2) is 55.1 Å². The summed E-state index contributed by atoms with van der Waals surface area (Å²) in [6.45, 7) is 1.43. The molecule has 1 aromatic carbocycles. The molecule has 0 atom stereocenters. The summed E-state index contributed by atoms with van der Waals surface area (Å²) in [4.78, 5) is 27.1. The first-order chi connectivity index (χ1) is 11.6. The van der Waals surface area contributed by atoms with Crippen LogP contribution >= 0.6 is 0 Å². The molecule has 2 aromatic heterocycles. The van der Waals surface area contributed by atoms with Crippen LogP contribution in [0.5, 0.6) is 0 Å². The van der Waals surface area contributed by atoms with E-state index in [9.17, 15) is 9.59 Å². The van der Waals surface area contributed by atoms with Crippen molar-refractivity contribution in [2.45, 2.75) is 6.92 Å². The second-order valence-corrected chi connectivity index (χ2v) is 4.96. The van der Waals surface area contributed by atoms with Gasteiger partial charge < -0.3 is 10.6 Å². The van der Waals surface area contributed by atoms with Gasteiger partial charge in [-0.05, 0) is 36.4 Å². The molecular formula is C16H14N6O2. The van der Waals surface area contributed by atoms with Crippen molar-refractivity contribution in [3.05, 3.63) is 60.8 Å². The monoisotopic (exact) mass is 322 g/mol. The topological polar surface area (TPSA) is 102 Å². The van der Waals surface area contributed by atoms with Crippen LogP contribution in [0.4, 0.5) is 11.4 Å². The Morgan fingerprint density at radius 2 is 1.67 bits per heavy atom. The summed E-state index contributed by atoms with van der Waals surface area (Å²) in [7, 11) is 0. The molecule has 0 spiro atoms. The lowest BCUT2D eigenvalue weighted by molar-refractivity contribution is -0.114. The van der Waals surface area contributed by atoms with Crippen LogP contribution in [0.1, 0.15) is 17.4 Å². The van der Waals surface area contributed by atoms with Crippen LogP contribution < -0.4 is 10.6 Å². The zero-order valence-electron chi connectivity index (χ0n) is 12.8. The Kier molecular flexibility index (Phi) is 4.28. The number of aromatic nitrogens is 4. The lowest BCUT2D eigenvalue weighted by Crippen LogP contribution is -2.15. The molecule has 0 saturated carbocycles. The zero-order valence-corrected chi connectivity index (χ0v) is 12.8. The number of hydrogen-bond acceptors (Lipinski definition) is 5. The Balaban J connectivity index is 1.67. The van der Waals surface area contributed by atoms with Crippen molar-refractivity contribution in [3.8, 4) is 5.82 Å². The molecule has 8 heteroatoms. The number of anilines is 2. The number of nitrogens with zero attached hydrogens (tertiary/aromatic N) is 4. The highest BCUT2D eigenvalue weighted by molar-refractivity contribution is 6.02. The lowest BCUT2D eigenvalue weighted by atomic mass is 10.2. The summed E-state index contributed by atoms with van der Waals surface area (Å²) >= 11 is 0. The van der Waals surface area contributed by atoms with Crippen molar-refractivity contribution in [2.24, 2.45) is 0 Å². The smallest absolute Gasteiger partial charge is 0.276 e. The molecule has 0 saturated heterocycles. The van der Waals surface area contributed by atoms with Crippen molar-refractivity contribution in [1.82, 2.24) is 19.7 Å². The van der Waals surface area contributed by atoms with Crippen molar-refractivity contribution < 1.29 is 9.59 Å². The van der Waals surface area contributed by atoms with E-state index in [1.165, 1.54) is 6.92 Å². The van der Waals surface area contributed by atoms with Crippen LogP contribution in [0.25, 0.3) is 5.82 Å². The number of benzene rings is 1. The summed E-state index contributed by atoms with van der Waals surface area (Å²) in [6, 6.07) is 10.1. The highest BCUT2D eigenvalue weighted by Crippen LogP contribution is 2.14. The number of carbonyl (C=O) groups excluding carboxylic acids is 2. The quantitative estimate of drug-likeness (QED) is 0.763. The van der Waals surface area contributed by atoms with E-state index in [0.29, 0.717) is 17.2 Å². The second-order valence-electron chi connectivity index (χ2n) is 4.96. The van der Waals surface area contributed by atoms with Gasteiger partial charge in [-0.3, -0.25) is 14.2 Å². The molecule has 24 heavy (non-hydrogen) atoms. The molecule has 0 bridgehead atoms. The van der Waals surface area contributed by atoms with E-state index in [4.69, 9.17) is 0 Å². The molecular weight excluding hydrogens is 308 g/mol. The van der Waals surface area contributed by atoms with Gasteiger partial charge in [-0.2, -0.15) is 0 Å². The number of imidazole rings is 1. The predicted molar refractivity (Wildman–Crippen MR) is 87.9 cm³/mol. The molecule has 0 unspecified atom stereocenters. The fourth-order valence-electron chi connectivity index (χ4n) is 2.01. The van der Waals surface area contributed by atoms with Gasteiger partial charge >= 0.3 is 0 Å². The van der Waals surface area contributed by atoms with Gasteiger partial charge in [-0.25, -0.2) is 4.98 Å². The molecule has 2 amide bonds. The van der Waals surface area contributed by atoms with Gasteiger partial charge in [0, 0.05) is 30.7 Å². The number of rotatable bonds is 4. The Bertz CT molecular complexity index is 841. The SMILES string of the molecule is CC(=O)Nc1ccc(NC(=O)c2ccc(-n3ccnc3)nn2)cc1. The molecule has 0 aliphatic carbocycles. The Morgan fingerprint density at radius 3 is 2.21 bits per heavy atom. The highest BCUT2D eigenvalue weighted by atomic mass is 16.2. The van der Waals surface area contributed by atoms with Crippen LogP contribution in [-0.2, 0) is 4.79 Å². The molecule has 0 fully saturated rings. The van der Waals surface area contributed by atoms with Gasteiger partial charge in [0.1, 0.15) is 6.33 Å². The minimum Gasteiger partial charge on any atom is -0.326 e. The summed E-state index contributed by atoms with van der Waals surface area (Å²) < 4.78 is 1.69. The van der Waals surface area contributed by atoms with Gasteiger partial charge in [0.25, 0.3) is 5.91 Å². The van der Waals surface area contributed by atoms with Gasteiger partial charge in [-0.1, -0.05) is 0 Å². The average molecular weight is 322 g/mol. The van der Waals surface area contributed by atoms with Crippen LogP contribution in [0.2, 0.25) is 0 Å². The fourth-order valence-corrected chi connectivity index (χ4v) is 2.01. The molecule has 0 radical (unpaired) electrons. The first kappa shape index (κ1) is 15.3. The molecule has 3 rings (SSSR count). The molecule has 120 valence electrons. The Morgan fingerprint density at radius 1 is 0.958 bits per heavy atom. The van der Waals surface area contributed by atoms with Crippen molar-refractivity contribution in [3.63, 3.8) is 0 Å². The Labute approximate surface area is 137 Å². The zero-order chi connectivity index (χ0) is 16.9. The Hall–Kier alpha value is -3.55. The van der Waals surface area contributed by atoms with Crippen LogP contribution in [-0.4, -0.2) is 31.6 Å². The van der Waals surface area contributed by atoms with Gasteiger partial charge in [-0.15, -0.1) is 10.2 Å².